The summed E-state index contributed by atoms with van der Waals surface area (Å²) >= 11 is 0. The highest BCUT2D eigenvalue weighted by Crippen LogP contribution is 2.50. The van der Waals surface area contributed by atoms with Crippen LogP contribution in [0.1, 0.15) is 53.6 Å². The van der Waals surface area contributed by atoms with Gasteiger partial charge in [-0.15, -0.1) is 0 Å². The molecular formula is C21H26N4O3. The van der Waals surface area contributed by atoms with Crippen molar-refractivity contribution in [1.29, 1.82) is 0 Å². The Hall–Kier alpha value is -2.25. The summed E-state index contributed by atoms with van der Waals surface area (Å²) in [6.45, 7) is 3.24. The summed E-state index contributed by atoms with van der Waals surface area (Å²) in [4.78, 5) is 40.5. The molecule has 1 saturated carbocycles. The molecule has 0 bridgehead atoms. The van der Waals surface area contributed by atoms with Crippen molar-refractivity contribution in [2.24, 2.45) is 11.7 Å². The van der Waals surface area contributed by atoms with Gasteiger partial charge in [-0.1, -0.05) is 12.1 Å². The second kappa shape index (κ2) is 6.39. The van der Waals surface area contributed by atoms with Crippen LogP contribution < -0.4 is 11.1 Å². The number of hydrogen-bond donors (Lipinski definition) is 2. The molecule has 148 valence electrons. The van der Waals surface area contributed by atoms with Crippen LogP contribution in [-0.4, -0.2) is 52.2 Å². The van der Waals surface area contributed by atoms with E-state index in [1.807, 2.05) is 12.1 Å². The zero-order valence-electron chi connectivity index (χ0n) is 15.9. The standard InChI is InChI=1S/C21H26N4O3/c22-10-14-8-21(9-14)5-6-24(21)11-13-1-2-16-15(7-13)12-25(20(16)28)17-3-4-18(26)23-19(17)27/h1-2,7,14,17H,3-6,8-12,22H2,(H,23,26,27). The zero-order chi connectivity index (χ0) is 19.5. The van der Waals surface area contributed by atoms with Crippen LogP contribution in [-0.2, 0) is 22.7 Å². The first-order chi connectivity index (χ1) is 13.5. The minimum absolute atomic E-state index is 0.110. The Bertz CT molecular complexity index is 861. The number of nitrogens with two attached hydrogens (primary N) is 1. The number of nitrogens with zero attached hydrogens (tertiary/aromatic N) is 2. The van der Waals surface area contributed by atoms with Crippen LogP contribution >= 0.6 is 0 Å². The highest BCUT2D eigenvalue weighted by molar-refractivity contribution is 6.05. The fraction of sp³-hybridized carbons (Fsp3) is 0.571. The maximum absolute atomic E-state index is 12.8. The highest BCUT2D eigenvalue weighted by Gasteiger charge is 2.53. The molecular weight excluding hydrogens is 356 g/mol. The summed E-state index contributed by atoms with van der Waals surface area (Å²) in [5, 5.41) is 2.35. The summed E-state index contributed by atoms with van der Waals surface area (Å²) < 4.78 is 0. The fourth-order valence-electron chi connectivity index (χ4n) is 5.42. The quantitative estimate of drug-likeness (QED) is 0.750. The molecule has 0 aromatic heterocycles. The van der Waals surface area contributed by atoms with Crippen molar-refractivity contribution in [2.75, 3.05) is 13.1 Å². The van der Waals surface area contributed by atoms with E-state index in [1.165, 1.54) is 24.8 Å². The van der Waals surface area contributed by atoms with Crippen LogP contribution in [0, 0.1) is 5.92 Å². The number of benzene rings is 1. The number of rotatable bonds is 4. The smallest absolute Gasteiger partial charge is 0.255 e. The lowest BCUT2D eigenvalue weighted by Crippen LogP contribution is -2.66. The Morgan fingerprint density at radius 1 is 1.21 bits per heavy atom. The van der Waals surface area contributed by atoms with Gasteiger partial charge in [0.25, 0.3) is 5.91 Å². The summed E-state index contributed by atoms with van der Waals surface area (Å²) in [7, 11) is 0. The molecule has 1 atom stereocenters. The Balaban J connectivity index is 1.28. The van der Waals surface area contributed by atoms with Gasteiger partial charge in [0, 0.05) is 37.2 Å². The van der Waals surface area contributed by atoms with Crippen molar-refractivity contribution in [2.45, 2.75) is 56.8 Å². The van der Waals surface area contributed by atoms with Gasteiger partial charge in [0.15, 0.2) is 0 Å². The summed E-state index contributed by atoms with van der Waals surface area (Å²) in [5.41, 5.74) is 9.03. The molecule has 1 unspecified atom stereocenters. The van der Waals surface area contributed by atoms with Crippen LogP contribution in [0.3, 0.4) is 0 Å². The van der Waals surface area contributed by atoms with Crippen molar-refractivity contribution < 1.29 is 14.4 Å². The van der Waals surface area contributed by atoms with Gasteiger partial charge in [-0.2, -0.15) is 0 Å². The summed E-state index contributed by atoms with van der Waals surface area (Å²) in [5.74, 6) is -0.0626. The normalized spacial score (nSPS) is 32.2. The second-order valence-electron chi connectivity index (χ2n) is 8.80. The molecule has 4 aliphatic rings. The number of piperidine rings is 1. The molecule has 3 N–H and O–H groups in total. The molecule has 0 radical (unpaired) electrons. The molecule has 7 nitrogen and oxygen atoms in total. The van der Waals surface area contributed by atoms with E-state index >= 15 is 0 Å². The summed E-state index contributed by atoms with van der Waals surface area (Å²) in [6.07, 6.45) is 4.35. The predicted octanol–water partition coefficient (Wildman–Crippen LogP) is 0.761. The van der Waals surface area contributed by atoms with Crippen molar-refractivity contribution in [3.05, 3.63) is 34.9 Å². The average Bonchev–Trinajstić information content (AvgIpc) is 2.94. The molecule has 7 heteroatoms. The van der Waals surface area contributed by atoms with E-state index in [4.69, 9.17) is 5.73 Å². The molecule has 3 fully saturated rings. The van der Waals surface area contributed by atoms with E-state index in [2.05, 4.69) is 16.3 Å². The van der Waals surface area contributed by atoms with Gasteiger partial charge in [-0.25, -0.2) is 0 Å². The first-order valence-corrected chi connectivity index (χ1v) is 10.2. The monoisotopic (exact) mass is 382 g/mol. The Morgan fingerprint density at radius 2 is 2.04 bits per heavy atom. The van der Waals surface area contributed by atoms with E-state index in [0.717, 1.165) is 25.2 Å². The SMILES string of the molecule is NCC1CC2(CCN2Cc2ccc3c(c2)CN(C2CCC(=O)NC2=O)C3=O)C1. The number of amides is 3. The Kier molecular flexibility index (Phi) is 4.07. The third kappa shape index (κ3) is 2.68. The fourth-order valence-corrected chi connectivity index (χ4v) is 5.42. The molecule has 5 rings (SSSR count). The van der Waals surface area contributed by atoms with Gasteiger partial charge in [-0.05, 0) is 55.3 Å². The third-order valence-corrected chi connectivity index (χ3v) is 7.15. The molecule has 1 spiro atoms. The molecule has 3 amide bonds. The van der Waals surface area contributed by atoms with Gasteiger partial charge in [0.2, 0.25) is 11.8 Å². The lowest BCUT2D eigenvalue weighted by atomic mass is 9.61. The molecule has 3 aliphatic heterocycles. The van der Waals surface area contributed by atoms with E-state index in [9.17, 15) is 14.4 Å². The van der Waals surface area contributed by atoms with Crippen LogP contribution in [0.4, 0.5) is 0 Å². The third-order valence-electron chi connectivity index (χ3n) is 7.15. The Morgan fingerprint density at radius 3 is 2.71 bits per heavy atom. The first kappa shape index (κ1) is 17.8. The maximum Gasteiger partial charge on any atom is 0.255 e. The lowest BCUT2D eigenvalue weighted by molar-refractivity contribution is -0.136. The van der Waals surface area contributed by atoms with Crippen LogP contribution in [0.2, 0.25) is 0 Å². The average molecular weight is 382 g/mol. The molecule has 28 heavy (non-hydrogen) atoms. The van der Waals surface area contributed by atoms with Crippen molar-refractivity contribution >= 4 is 17.7 Å². The topological polar surface area (TPSA) is 95.7 Å². The van der Waals surface area contributed by atoms with Gasteiger partial charge in [0.05, 0.1) is 0 Å². The van der Waals surface area contributed by atoms with Gasteiger partial charge >= 0.3 is 0 Å². The largest absolute Gasteiger partial charge is 0.330 e. The predicted molar refractivity (Wildman–Crippen MR) is 102 cm³/mol. The van der Waals surface area contributed by atoms with Gasteiger partial charge in [0.1, 0.15) is 6.04 Å². The first-order valence-electron chi connectivity index (χ1n) is 10.2. The minimum Gasteiger partial charge on any atom is -0.330 e. The molecule has 1 aromatic rings. The molecule has 2 saturated heterocycles. The number of carbonyl (C=O) groups excluding carboxylic acids is 3. The molecule has 3 heterocycles. The minimum atomic E-state index is -0.553. The number of fused-ring (bicyclic) bond motifs is 1. The van der Waals surface area contributed by atoms with Crippen molar-refractivity contribution in [3.8, 4) is 0 Å². The van der Waals surface area contributed by atoms with E-state index < -0.39 is 6.04 Å². The van der Waals surface area contributed by atoms with E-state index in [1.54, 1.807) is 4.90 Å². The van der Waals surface area contributed by atoms with Crippen LogP contribution in [0.25, 0.3) is 0 Å². The number of likely N-dealkylation sites (tertiary alicyclic amines) is 1. The van der Waals surface area contributed by atoms with Crippen LogP contribution in [0.5, 0.6) is 0 Å². The second-order valence-corrected chi connectivity index (χ2v) is 8.80. The maximum atomic E-state index is 12.8. The summed E-state index contributed by atoms with van der Waals surface area (Å²) in [6, 6.07) is 5.50. The number of carbonyl (C=O) groups is 3. The van der Waals surface area contributed by atoms with Gasteiger partial charge < -0.3 is 10.6 Å². The number of hydrogen-bond acceptors (Lipinski definition) is 5. The number of nitrogens with one attached hydrogen (secondary N) is 1. The zero-order valence-corrected chi connectivity index (χ0v) is 15.9. The van der Waals surface area contributed by atoms with Crippen molar-refractivity contribution in [3.63, 3.8) is 0 Å². The van der Waals surface area contributed by atoms with Crippen molar-refractivity contribution in [1.82, 2.24) is 15.1 Å². The van der Waals surface area contributed by atoms with Gasteiger partial charge in [-0.3, -0.25) is 24.6 Å². The molecule has 1 aliphatic carbocycles. The lowest BCUT2D eigenvalue weighted by Gasteiger charge is -2.62. The highest BCUT2D eigenvalue weighted by atomic mass is 16.2. The van der Waals surface area contributed by atoms with Crippen LogP contribution in [0.15, 0.2) is 18.2 Å². The van der Waals surface area contributed by atoms with E-state index in [0.29, 0.717) is 30.0 Å². The molecule has 1 aromatic carbocycles. The Labute approximate surface area is 164 Å². The van der Waals surface area contributed by atoms with E-state index in [-0.39, 0.29) is 24.1 Å². The number of imide groups is 1.